The smallest absolute Gasteiger partial charge is 0.339 e. The number of carbonyl (C=O) groups is 3. The summed E-state index contributed by atoms with van der Waals surface area (Å²) < 4.78 is 4.51. The van der Waals surface area contributed by atoms with Crippen LogP contribution in [-0.4, -0.2) is 25.3 Å². The van der Waals surface area contributed by atoms with E-state index in [-0.39, 0.29) is 17.5 Å². The number of methoxy groups -OCH3 is 1. The lowest BCUT2D eigenvalue weighted by Gasteiger charge is -2.06. The zero-order valence-electron chi connectivity index (χ0n) is 8.02. The summed E-state index contributed by atoms with van der Waals surface area (Å²) in [5.74, 6) is -1.39. The predicted octanol–water partition coefficient (Wildman–Crippen LogP) is 0.611. The van der Waals surface area contributed by atoms with Crippen LogP contribution in [0, 0.1) is 0 Å². The third-order valence-electron chi connectivity index (χ3n) is 1.70. The number of anilines is 1. The van der Waals surface area contributed by atoms with Gasteiger partial charge in [-0.15, -0.1) is 0 Å². The molecule has 1 aromatic rings. The van der Waals surface area contributed by atoms with Crippen LogP contribution < -0.4 is 5.32 Å². The first-order chi connectivity index (χ1) is 7.19. The molecule has 78 valence electrons. The van der Waals surface area contributed by atoms with Gasteiger partial charge in [0.05, 0.1) is 18.4 Å². The van der Waals surface area contributed by atoms with Crippen molar-refractivity contribution in [1.82, 2.24) is 0 Å². The molecule has 1 rings (SSSR count). The van der Waals surface area contributed by atoms with E-state index in [4.69, 9.17) is 0 Å². The van der Waals surface area contributed by atoms with Crippen molar-refractivity contribution in [2.75, 3.05) is 12.4 Å². The third-order valence-corrected chi connectivity index (χ3v) is 1.70. The van der Waals surface area contributed by atoms with E-state index in [1.54, 1.807) is 12.1 Å². The Morgan fingerprint density at radius 2 is 2.00 bits per heavy atom. The van der Waals surface area contributed by atoms with Gasteiger partial charge in [-0.1, -0.05) is 12.1 Å². The van der Waals surface area contributed by atoms with Crippen LogP contribution in [-0.2, 0) is 14.3 Å². The SMILES string of the molecule is COC(=O)c1ccccc1NC(=O)C=O. The molecule has 1 aromatic carbocycles. The second-order valence-electron chi connectivity index (χ2n) is 2.64. The molecule has 5 heteroatoms. The molecule has 1 N–H and O–H groups in total. The van der Waals surface area contributed by atoms with Crippen LogP contribution in [0.25, 0.3) is 0 Å². The second-order valence-corrected chi connectivity index (χ2v) is 2.64. The standard InChI is InChI=1S/C10H9NO4/c1-15-10(14)7-4-2-3-5-8(7)11-9(13)6-12/h2-6H,1H3,(H,11,13). The number of para-hydroxylation sites is 1. The highest BCUT2D eigenvalue weighted by Crippen LogP contribution is 2.15. The van der Waals surface area contributed by atoms with Crippen LogP contribution in [0.15, 0.2) is 24.3 Å². The van der Waals surface area contributed by atoms with Crippen LogP contribution in [0.2, 0.25) is 0 Å². The quantitative estimate of drug-likeness (QED) is 0.447. The minimum absolute atomic E-state index is 0.133. The monoisotopic (exact) mass is 207 g/mol. The van der Waals surface area contributed by atoms with E-state index in [0.29, 0.717) is 0 Å². The Kier molecular flexibility index (Phi) is 3.56. The fourth-order valence-corrected chi connectivity index (χ4v) is 1.04. The van der Waals surface area contributed by atoms with Crippen LogP contribution >= 0.6 is 0 Å². The molecule has 0 saturated carbocycles. The summed E-state index contributed by atoms with van der Waals surface area (Å²) in [5, 5.41) is 2.27. The Balaban J connectivity index is 3.01. The summed E-state index contributed by atoms with van der Waals surface area (Å²) in [6, 6.07) is 6.26. The molecule has 0 aliphatic heterocycles. The fourth-order valence-electron chi connectivity index (χ4n) is 1.04. The van der Waals surface area contributed by atoms with Crippen LogP contribution in [0.4, 0.5) is 5.69 Å². The Bertz CT molecular complexity index is 400. The van der Waals surface area contributed by atoms with E-state index in [1.165, 1.54) is 19.2 Å². The van der Waals surface area contributed by atoms with Gasteiger partial charge in [-0.3, -0.25) is 9.59 Å². The number of nitrogens with one attached hydrogen (secondary N) is 1. The van der Waals surface area contributed by atoms with Crippen molar-refractivity contribution < 1.29 is 19.1 Å². The number of carbonyl (C=O) groups excluding carboxylic acids is 3. The Labute approximate surface area is 86.0 Å². The summed E-state index contributed by atoms with van der Waals surface area (Å²) in [4.78, 5) is 32.2. The number of ether oxygens (including phenoxy) is 1. The van der Waals surface area contributed by atoms with Gasteiger partial charge in [0.15, 0.2) is 0 Å². The van der Waals surface area contributed by atoms with E-state index in [2.05, 4.69) is 10.1 Å². The summed E-state index contributed by atoms with van der Waals surface area (Å²) >= 11 is 0. The van der Waals surface area contributed by atoms with Crippen molar-refractivity contribution in [1.29, 1.82) is 0 Å². The Morgan fingerprint density at radius 1 is 1.33 bits per heavy atom. The van der Waals surface area contributed by atoms with Gasteiger partial charge in [-0.2, -0.15) is 0 Å². The summed E-state index contributed by atoms with van der Waals surface area (Å²) in [7, 11) is 1.24. The second kappa shape index (κ2) is 4.90. The van der Waals surface area contributed by atoms with Crippen molar-refractivity contribution in [3.05, 3.63) is 29.8 Å². The average Bonchev–Trinajstić information content (AvgIpc) is 2.28. The van der Waals surface area contributed by atoms with Gasteiger partial charge in [-0.05, 0) is 12.1 Å². The van der Waals surface area contributed by atoms with Gasteiger partial charge < -0.3 is 10.1 Å². The molecule has 0 fully saturated rings. The zero-order chi connectivity index (χ0) is 11.3. The first-order valence-corrected chi connectivity index (χ1v) is 4.12. The molecule has 0 saturated heterocycles. The summed E-state index contributed by atoms with van der Waals surface area (Å²) in [6.07, 6.45) is 0.133. The average molecular weight is 207 g/mol. The Hall–Kier alpha value is -2.17. The molecule has 15 heavy (non-hydrogen) atoms. The minimum atomic E-state index is -0.814. The number of esters is 1. The van der Waals surface area contributed by atoms with Gasteiger partial charge >= 0.3 is 5.97 Å². The van der Waals surface area contributed by atoms with Crippen molar-refractivity contribution in [3.8, 4) is 0 Å². The molecular formula is C10H9NO4. The van der Waals surface area contributed by atoms with Gasteiger partial charge in [0.2, 0.25) is 6.29 Å². The van der Waals surface area contributed by atoms with E-state index in [0.717, 1.165) is 0 Å². The van der Waals surface area contributed by atoms with Crippen molar-refractivity contribution >= 4 is 23.9 Å². The fraction of sp³-hybridized carbons (Fsp3) is 0.100. The first-order valence-electron chi connectivity index (χ1n) is 4.12. The maximum Gasteiger partial charge on any atom is 0.339 e. The number of aldehydes is 1. The topological polar surface area (TPSA) is 72.5 Å². The normalized spacial score (nSPS) is 9.13. The number of rotatable bonds is 3. The molecule has 0 heterocycles. The molecule has 0 spiro atoms. The lowest BCUT2D eigenvalue weighted by atomic mass is 10.2. The molecule has 1 amide bonds. The Morgan fingerprint density at radius 3 is 2.60 bits per heavy atom. The molecule has 0 aromatic heterocycles. The van der Waals surface area contributed by atoms with E-state index in [9.17, 15) is 14.4 Å². The maximum atomic E-state index is 11.2. The largest absolute Gasteiger partial charge is 0.465 e. The summed E-state index contributed by atoms with van der Waals surface area (Å²) in [5.41, 5.74) is 0.455. The van der Waals surface area contributed by atoms with E-state index >= 15 is 0 Å². The highest BCUT2D eigenvalue weighted by atomic mass is 16.5. The predicted molar refractivity (Wildman–Crippen MR) is 52.5 cm³/mol. The molecular weight excluding hydrogens is 198 g/mol. The highest BCUT2D eigenvalue weighted by Gasteiger charge is 2.12. The number of amides is 1. The van der Waals surface area contributed by atoms with E-state index < -0.39 is 11.9 Å². The lowest BCUT2D eigenvalue weighted by Crippen LogP contribution is -2.15. The molecule has 0 aliphatic rings. The first kappa shape index (κ1) is 10.9. The van der Waals surface area contributed by atoms with Gasteiger partial charge in [-0.25, -0.2) is 4.79 Å². The number of hydrogen-bond acceptors (Lipinski definition) is 4. The van der Waals surface area contributed by atoms with Crippen molar-refractivity contribution in [3.63, 3.8) is 0 Å². The molecule has 0 atom stereocenters. The number of hydrogen-bond donors (Lipinski definition) is 1. The zero-order valence-corrected chi connectivity index (χ0v) is 8.02. The third kappa shape index (κ3) is 2.63. The van der Waals surface area contributed by atoms with Gasteiger partial charge in [0.25, 0.3) is 5.91 Å². The minimum Gasteiger partial charge on any atom is -0.465 e. The van der Waals surface area contributed by atoms with Crippen molar-refractivity contribution in [2.45, 2.75) is 0 Å². The van der Waals surface area contributed by atoms with Gasteiger partial charge in [0, 0.05) is 0 Å². The molecule has 5 nitrogen and oxygen atoms in total. The number of benzene rings is 1. The molecule has 0 radical (unpaired) electrons. The molecule has 0 aliphatic carbocycles. The summed E-state index contributed by atoms with van der Waals surface area (Å²) in [6.45, 7) is 0. The highest BCUT2D eigenvalue weighted by molar-refractivity contribution is 6.30. The lowest BCUT2D eigenvalue weighted by molar-refractivity contribution is -0.127. The van der Waals surface area contributed by atoms with Gasteiger partial charge in [0.1, 0.15) is 0 Å². The molecule has 0 bridgehead atoms. The van der Waals surface area contributed by atoms with Crippen LogP contribution in [0.3, 0.4) is 0 Å². The van der Waals surface area contributed by atoms with Crippen LogP contribution in [0.1, 0.15) is 10.4 Å². The van der Waals surface area contributed by atoms with Crippen LogP contribution in [0.5, 0.6) is 0 Å². The maximum absolute atomic E-state index is 11.2. The molecule has 0 unspecified atom stereocenters. The van der Waals surface area contributed by atoms with E-state index in [1.807, 2.05) is 0 Å². The van der Waals surface area contributed by atoms with Crippen molar-refractivity contribution in [2.24, 2.45) is 0 Å².